The lowest BCUT2D eigenvalue weighted by Crippen LogP contribution is -2.47. The normalized spacial score (nSPS) is 22.2. The zero-order valence-electron chi connectivity index (χ0n) is 11.5. The number of rotatable bonds is 4. The van der Waals surface area contributed by atoms with Crippen LogP contribution in [0.25, 0.3) is 0 Å². The van der Waals surface area contributed by atoms with Crippen molar-refractivity contribution in [1.82, 2.24) is 10.3 Å². The Labute approximate surface area is 123 Å². The predicted molar refractivity (Wildman–Crippen MR) is 79.6 cm³/mol. The highest BCUT2D eigenvalue weighted by atomic mass is 35.5. The predicted octanol–water partition coefficient (Wildman–Crippen LogP) is 3.51. The fraction of sp³-hybridized carbons (Fsp3) is 0.714. The van der Waals surface area contributed by atoms with E-state index in [1.165, 1.54) is 30.6 Å². The maximum absolute atomic E-state index is 12.1. The molecule has 0 bridgehead atoms. The van der Waals surface area contributed by atoms with Crippen LogP contribution in [0, 0.1) is 5.41 Å². The molecule has 1 aromatic heterocycles. The second kappa shape index (κ2) is 6.23. The van der Waals surface area contributed by atoms with E-state index in [2.05, 4.69) is 24.1 Å². The summed E-state index contributed by atoms with van der Waals surface area (Å²) < 4.78 is 0. The molecule has 5 heteroatoms. The van der Waals surface area contributed by atoms with Crippen molar-refractivity contribution in [2.24, 2.45) is 5.41 Å². The largest absolute Gasteiger partial charge is 0.352 e. The summed E-state index contributed by atoms with van der Waals surface area (Å²) >= 11 is 7.22. The summed E-state index contributed by atoms with van der Waals surface area (Å²) in [5, 5.41) is 5.95. The van der Waals surface area contributed by atoms with E-state index >= 15 is 0 Å². The molecule has 1 aliphatic rings. The number of nitrogens with one attached hydrogen (secondary N) is 1. The second-order valence-corrected chi connectivity index (χ2v) is 7.11. The van der Waals surface area contributed by atoms with Gasteiger partial charge in [0.2, 0.25) is 5.91 Å². The van der Waals surface area contributed by atoms with Gasteiger partial charge < -0.3 is 5.32 Å². The van der Waals surface area contributed by atoms with Crippen molar-refractivity contribution in [3.63, 3.8) is 0 Å². The molecule has 19 heavy (non-hydrogen) atoms. The number of alkyl halides is 1. The van der Waals surface area contributed by atoms with Gasteiger partial charge in [0.05, 0.1) is 18.0 Å². The molecule has 1 heterocycles. The van der Waals surface area contributed by atoms with Crippen LogP contribution in [0.2, 0.25) is 0 Å². The molecule has 1 saturated carbocycles. The minimum absolute atomic E-state index is 0.0791. The van der Waals surface area contributed by atoms with E-state index < -0.39 is 0 Å². The lowest BCUT2D eigenvalue weighted by molar-refractivity contribution is -0.122. The summed E-state index contributed by atoms with van der Waals surface area (Å²) in [6, 6.07) is 0.293. The van der Waals surface area contributed by atoms with E-state index in [9.17, 15) is 4.79 Å². The first-order valence-corrected chi connectivity index (χ1v) is 8.21. The molecule has 1 aliphatic carbocycles. The second-order valence-electron chi connectivity index (χ2n) is 5.90. The summed E-state index contributed by atoms with van der Waals surface area (Å²) in [4.78, 5) is 16.4. The molecule has 1 fully saturated rings. The van der Waals surface area contributed by atoms with E-state index in [1.807, 2.05) is 5.38 Å². The lowest BCUT2D eigenvalue weighted by atomic mass is 9.73. The average molecular weight is 301 g/mol. The van der Waals surface area contributed by atoms with Gasteiger partial charge in [-0.15, -0.1) is 22.9 Å². The first-order chi connectivity index (χ1) is 9.01. The van der Waals surface area contributed by atoms with Crippen molar-refractivity contribution >= 4 is 28.8 Å². The highest BCUT2D eigenvalue weighted by Crippen LogP contribution is 2.35. The van der Waals surface area contributed by atoms with Crippen LogP contribution < -0.4 is 5.32 Å². The van der Waals surface area contributed by atoms with Crippen LogP contribution in [0.5, 0.6) is 0 Å². The van der Waals surface area contributed by atoms with E-state index in [0.29, 0.717) is 18.3 Å². The van der Waals surface area contributed by atoms with E-state index in [-0.39, 0.29) is 11.3 Å². The van der Waals surface area contributed by atoms with Crippen molar-refractivity contribution in [2.75, 3.05) is 0 Å². The number of aromatic nitrogens is 1. The maximum atomic E-state index is 12.1. The van der Waals surface area contributed by atoms with Crippen molar-refractivity contribution in [1.29, 1.82) is 0 Å². The Bertz CT molecular complexity index is 444. The van der Waals surface area contributed by atoms with Crippen LogP contribution in [0.4, 0.5) is 0 Å². The van der Waals surface area contributed by atoms with Gasteiger partial charge in [0.1, 0.15) is 5.01 Å². The minimum atomic E-state index is 0.0791. The Morgan fingerprint density at radius 2 is 2.37 bits per heavy atom. The third-order valence-electron chi connectivity index (χ3n) is 3.89. The molecule has 0 aliphatic heterocycles. The first kappa shape index (κ1) is 14.8. The lowest BCUT2D eigenvalue weighted by Gasteiger charge is -2.39. The summed E-state index contributed by atoms with van der Waals surface area (Å²) in [5.74, 6) is 0.490. The number of hydrogen-bond donors (Lipinski definition) is 1. The number of thiazole rings is 1. The van der Waals surface area contributed by atoms with Crippen molar-refractivity contribution < 1.29 is 4.79 Å². The van der Waals surface area contributed by atoms with E-state index in [4.69, 9.17) is 11.6 Å². The Morgan fingerprint density at radius 1 is 1.58 bits per heavy atom. The highest BCUT2D eigenvalue weighted by Gasteiger charge is 2.33. The Hall–Kier alpha value is -0.610. The van der Waals surface area contributed by atoms with Crippen LogP contribution >= 0.6 is 22.9 Å². The molecule has 1 unspecified atom stereocenters. The van der Waals surface area contributed by atoms with Gasteiger partial charge in [-0.3, -0.25) is 4.79 Å². The van der Waals surface area contributed by atoms with Crippen molar-refractivity contribution in [2.45, 2.75) is 57.9 Å². The quantitative estimate of drug-likeness (QED) is 0.865. The van der Waals surface area contributed by atoms with Crippen LogP contribution in [0.3, 0.4) is 0 Å². The van der Waals surface area contributed by atoms with Gasteiger partial charge >= 0.3 is 0 Å². The molecule has 2 rings (SSSR count). The Balaban J connectivity index is 1.90. The zero-order chi connectivity index (χ0) is 13.9. The summed E-state index contributed by atoms with van der Waals surface area (Å²) in [6.45, 7) is 4.48. The van der Waals surface area contributed by atoms with Gasteiger partial charge in [-0.25, -0.2) is 4.98 Å². The zero-order valence-corrected chi connectivity index (χ0v) is 13.1. The molecule has 1 aromatic rings. The molecule has 0 spiro atoms. The number of halogens is 1. The van der Waals surface area contributed by atoms with Crippen LogP contribution in [-0.2, 0) is 17.1 Å². The highest BCUT2D eigenvalue weighted by molar-refractivity contribution is 7.09. The molecule has 0 radical (unpaired) electrons. The topological polar surface area (TPSA) is 42.0 Å². The monoisotopic (exact) mass is 300 g/mol. The van der Waals surface area contributed by atoms with Gasteiger partial charge in [-0.1, -0.05) is 26.7 Å². The number of carbonyl (C=O) groups is 1. The van der Waals surface area contributed by atoms with Gasteiger partial charge in [0, 0.05) is 11.4 Å². The smallest absolute Gasteiger partial charge is 0.227 e. The van der Waals surface area contributed by atoms with Gasteiger partial charge in [-0.05, 0) is 18.3 Å². The SMILES string of the molecule is CC1(C)CCCCC1NC(=O)Cc1nc(CCl)cs1. The molecule has 1 amide bonds. The average Bonchev–Trinajstić information content (AvgIpc) is 2.79. The van der Waals surface area contributed by atoms with Crippen molar-refractivity contribution in [3.8, 4) is 0 Å². The van der Waals surface area contributed by atoms with E-state index in [0.717, 1.165) is 17.1 Å². The molecule has 0 saturated heterocycles. The van der Waals surface area contributed by atoms with Gasteiger partial charge in [0.25, 0.3) is 0 Å². The van der Waals surface area contributed by atoms with Gasteiger partial charge in [0.15, 0.2) is 0 Å². The van der Waals surface area contributed by atoms with E-state index in [1.54, 1.807) is 0 Å². The fourth-order valence-corrected chi connectivity index (χ4v) is 3.66. The summed E-state index contributed by atoms with van der Waals surface area (Å²) in [5.41, 5.74) is 1.06. The molecule has 1 N–H and O–H groups in total. The molecular formula is C14H21ClN2OS. The van der Waals surface area contributed by atoms with Gasteiger partial charge in [-0.2, -0.15) is 0 Å². The molecule has 106 valence electrons. The Morgan fingerprint density at radius 3 is 3.00 bits per heavy atom. The minimum Gasteiger partial charge on any atom is -0.352 e. The number of amides is 1. The molecule has 1 atom stereocenters. The van der Waals surface area contributed by atoms with Crippen LogP contribution in [0.1, 0.15) is 50.2 Å². The van der Waals surface area contributed by atoms with Crippen molar-refractivity contribution in [3.05, 3.63) is 16.1 Å². The molecular weight excluding hydrogens is 280 g/mol. The molecule has 3 nitrogen and oxygen atoms in total. The Kier molecular flexibility index (Phi) is 4.85. The third-order valence-corrected chi connectivity index (χ3v) is 5.06. The first-order valence-electron chi connectivity index (χ1n) is 6.80. The number of carbonyl (C=O) groups excluding carboxylic acids is 1. The standard InChI is InChI=1S/C14H21ClN2OS/c1-14(2)6-4-3-5-11(14)17-12(18)7-13-16-10(8-15)9-19-13/h9,11H,3-8H2,1-2H3,(H,17,18). The third kappa shape index (κ3) is 3.93. The van der Waals surface area contributed by atoms with Crippen LogP contribution in [0.15, 0.2) is 5.38 Å². The fourth-order valence-electron chi connectivity index (χ4n) is 2.64. The number of nitrogens with zero attached hydrogens (tertiary/aromatic N) is 1. The molecule has 0 aromatic carbocycles. The number of hydrogen-bond acceptors (Lipinski definition) is 3. The van der Waals surface area contributed by atoms with Crippen LogP contribution in [-0.4, -0.2) is 16.9 Å². The maximum Gasteiger partial charge on any atom is 0.227 e. The summed E-state index contributed by atoms with van der Waals surface area (Å²) in [6.07, 6.45) is 5.12. The summed E-state index contributed by atoms with van der Waals surface area (Å²) in [7, 11) is 0.